The maximum atomic E-state index is 13.1. The first-order valence-electron chi connectivity index (χ1n) is 9.30. The molecule has 5 nitrogen and oxygen atoms in total. The molecule has 142 valence electrons. The van der Waals surface area contributed by atoms with Crippen LogP contribution in [0.15, 0.2) is 24.3 Å². The zero-order chi connectivity index (χ0) is 19.0. The number of carbonyl (C=O) groups is 2. The zero-order valence-electron chi connectivity index (χ0n) is 15.3. The van der Waals surface area contributed by atoms with Gasteiger partial charge < -0.3 is 9.80 Å². The smallest absolute Gasteiger partial charge is 0.226 e. The maximum absolute atomic E-state index is 13.1. The first-order chi connectivity index (χ1) is 13.0. The molecule has 7 heteroatoms. The highest BCUT2D eigenvalue weighted by Gasteiger charge is 2.32. The van der Waals surface area contributed by atoms with Crippen LogP contribution in [0.25, 0.3) is 10.6 Å². The van der Waals surface area contributed by atoms with E-state index in [0.29, 0.717) is 26.2 Å². The highest BCUT2D eigenvalue weighted by Crippen LogP contribution is 2.33. The number of fused-ring (bicyclic) bond motifs is 1. The summed E-state index contributed by atoms with van der Waals surface area (Å²) in [7, 11) is 0. The topological polar surface area (TPSA) is 53.5 Å². The summed E-state index contributed by atoms with van der Waals surface area (Å²) in [5.74, 6) is 0.0291. The van der Waals surface area contributed by atoms with Crippen LogP contribution in [0.3, 0.4) is 0 Å². The van der Waals surface area contributed by atoms with Gasteiger partial charge in [0.2, 0.25) is 11.8 Å². The Morgan fingerprint density at radius 1 is 1.11 bits per heavy atom. The summed E-state index contributed by atoms with van der Waals surface area (Å²) in [6, 6.07) is 6.37. The number of rotatable bonds is 2. The van der Waals surface area contributed by atoms with Gasteiger partial charge in [0, 0.05) is 49.3 Å². The summed E-state index contributed by atoms with van der Waals surface area (Å²) in [6.07, 6.45) is 2.24. The van der Waals surface area contributed by atoms with Crippen LogP contribution in [-0.2, 0) is 22.6 Å². The largest absolute Gasteiger partial charge is 0.343 e. The minimum absolute atomic E-state index is 0.00615. The van der Waals surface area contributed by atoms with Gasteiger partial charge in [-0.05, 0) is 37.1 Å². The second-order valence-corrected chi connectivity index (χ2v) is 8.27. The molecule has 4 rings (SSSR count). The average Bonchev–Trinajstić information content (AvgIpc) is 3.11. The molecule has 2 aromatic rings. The fourth-order valence-corrected chi connectivity index (χ4v) is 4.93. The minimum Gasteiger partial charge on any atom is -0.343 e. The van der Waals surface area contributed by atoms with E-state index in [9.17, 15) is 14.0 Å². The first kappa shape index (κ1) is 18.1. The number of aromatic nitrogens is 1. The number of nitrogens with zero attached hydrogens (tertiary/aromatic N) is 3. The third kappa shape index (κ3) is 3.74. The molecule has 2 aliphatic rings. The van der Waals surface area contributed by atoms with Crippen LogP contribution >= 0.6 is 11.3 Å². The highest BCUT2D eigenvalue weighted by molar-refractivity contribution is 7.15. The molecule has 0 saturated carbocycles. The van der Waals surface area contributed by atoms with Crippen molar-refractivity contribution in [2.75, 3.05) is 19.6 Å². The number of hydrogen-bond donors (Lipinski definition) is 0. The van der Waals surface area contributed by atoms with E-state index in [1.807, 2.05) is 9.80 Å². The molecular formula is C20H22FN3O2S. The Labute approximate surface area is 161 Å². The van der Waals surface area contributed by atoms with Gasteiger partial charge in [0.05, 0.1) is 12.2 Å². The van der Waals surface area contributed by atoms with Crippen molar-refractivity contribution in [3.05, 3.63) is 40.7 Å². The number of amides is 2. The molecular weight excluding hydrogens is 365 g/mol. The molecule has 0 aliphatic carbocycles. The Morgan fingerprint density at radius 2 is 1.81 bits per heavy atom. The van der Waals surface area contributed by atoms with Crippen LogP contribution in [0.1, 0.15) is 30.3 Å². The monoisotopic (exact) mass is 387 g/mol. The lowest BCUT2D eigenvalue weighted by Gasteiger charge is -2.35. The number of carbonyl (C=O) groups excluding carboxylic acids is 2. The quantitative estimate of drug-likeness (QED) is 0.796. The number of benzene rings is 1. The van der Waals surface area contributed by atoms with Crippen LogP contribution in [-0.4, -0.2) is 46.2 Å². The summed E-state index contributed by atoms with van der Waals surface area (Å²) in [4.78, 5) is 33.9. The van der Waals surface area contributed by atoms with Gasteiger partial charge >= 0.3 is 0 Å². The van der Waals surface area contributed by atoms with Gasteiger partial charge in [0.25, 0.3) is 0 Å². The molecule has 0 spiro atoms. The fourth-order valence-electron chi connectivity index (χ4n) is 3.80. The van der Waals surface area contributed by atoms with Gasteiger partial charge in [-0.15, -0.1) is 11.3 Å². The van der Waals surface area contributed by atoms with Crippen LogP contribution in [0.2, 0.25) is 0 Å². The summed E-state index contributed by atoms with van der Waals surface area (Å²) < 4.78 is 13.1. The second kappa shape index (κ2) is 7.38. The van der Waals surface area contributed by atoms with Crippen LogP contribution in [0.4, 0.5) is 4.39 Å². The number of thiazole rings is 1. The zero-order valence-corrected chi connectivity index (χ0v) is 16.1. The molecule has 1 saturated heterocycles. The van der Waals surface area contributed by atoms with Gasteiger partial charge in [-0.1, -0.05) is 0 Å². The van der Waals surface area contributed by atoms with Gasteiger partial charge in [0.15, 0.2) is 0 Å². The molecule has 1 fully saturated rings. The Morgan fingerprint density at radius 3 is 2.48 bits per heavy atom. The van der Waals surface area contributed by atoms with Crippen molar-refractivity contribution in [1.29, 1.82) is 0 Å². The fraction of sp³-hybridized carbons (Fsp3) is 0.450. The lowest BCUT2D eigenvalue weighted by Crippen LogP contribution is -2.45. The third-order valence-electron chi connectivity index (χ3n) is 5.42. The van der Waals surface area contributed by atoms with E-state index in [-0.39, 0.29) is 23.5 Å². The normalized spacial score (nSPS) is 17.7. The van der Waals surface area contributed by atoms with E-state index in [1.165, 1.54) is 12.1 Å². The summed E-state index contributed by atoms with van der Waals surface area (Å²) in [5.41, 5.74) is 1.96. The van der Waals surface area contributed by atoms with Crippen LogP contribution in [0, 0.1) is 11.7 Å². The molecule has 0 N–H and O–H groups in total. The number of piperidine rings is 1. The first-order valence-corrected chi connectivity index (χ1v) is 10.1. The van der Waals surface area contributed by atoms with Crippen molar-refractivity contribution in [3.63, 3.8) is 0 Å². The predicted molar refractivity (Wildman–Crippen MR) is 102 cm³/mol. The third-order valence-corrected chi connectivity index (χ3v) is 6.56. The number of halogens is 1. The molecule has 1 aromatic carbocycles. The molecule has 2 aliphatic heterocycles. The van der Waals surface area contributed by atoms with Crippen molar-refractivity contribution in [1.82, 2.24) is 14.8 Å². The lowest BCUT2D eigenvalue weighted by atomic mass is 9.94. The predicted octanol–water partition coefficient (Wildman–Crippen LogP) is 3.09. The van der Waals surface area contributed by atoms with Crippen LogP contribution in [0.5, 0.6) is 0 Å². The van der Waals surface area contributed by atoms with Crippen molar-refractivity contribution in [3.8, 4) is 10.6 Å². The number of hydrogen-bond acceptors (Lipinski definition) is 4. The van der Waals surface area contributed by atoms with Crippen LogP contribution < -0.4 is 0 Å². The van der Waals surface area contributed by atoms with E-state index in [0.717, 1.165) is 40.4 Å². The molecule has 3 heterocycles. The molecule has 0 atom stereocenters. The Kier molecular flexibility index (Phi) is 4.95. The van der Waals surface area contributed by atoms with Crippen molar-refractivity contribution in [2.45, 2.75) is 32.7 Å². The highest BCUT2D eigenvalue weighted by atomic mass is 32.1. The molecule has 1 aromatic heterocycles. The van der Waals surface area contributed by atoms with Crippen molar-refractivity contribution >= 4 is 23.2 Å². The summed E-state index contributed by atoms with van der Waals surface area (Å²) in [6.45, 7) is 4.20. The second-order valence-electron chi connectivity index (χ2n) is 7.19. The maximum Gasteiger partial charge on any atom is 0.226 e. The van der Waals surface area contributed by atoms with Crippen molar-refractivity contribution < 1.29 is 14.0 Å². The van der Waals surface area contributed by atoms with Gasteiger partial charge in [0.1, 0.15) is 10.8 Å². The van der Waals surface area contributed by atoms with E-state index < -0.39 is 0 Å². The molecule has 27 heavy (non-hydrogen) atoms. The minimum atomic E-state index is -0.257. The summed E-state index contributed by atoms with van der Waals surface area (Å²) in [5, 5.41) is 0.879. The SMILES string of the molecule is CC(=O)N1CCC(C(=O)N2CCc3nc(-c4ccc(F)cc4)sc3C2)CC1. The van der Waals surface area contributed by atoms with Gasteiger partial charge in [-0.25, -0.2) is 9.37 Å². The molecule has 2 amide bonds. The Balaban J connectivity index is 1.43. The van der Waals surface area contributed by atoms with Gasteiger partial charge in [-0.2, -0.15) is 0 Å². The lowest BCUT2D eigenvalue weighted by molar-refractivity contribution is -0.140. The average molecular weight is 387 g/mol. The molecule has 0 bridgehead atoms. The van der Waals surface area contributed by atoms with Gasteiger partial charge in [-0.3, -0.25) is 9.59 Å². The molecule has 0 unspecified atom stereocenters. The summed E-state index contributed by atoms with van der Waals surface area (Å²) >= 11 is 1.59. The van der Waals surface area contributed by atoms with E-state index in [2.05, 4.69) is 0 Å². The number of likely N-dealkylation sites (tertiary alicyclic amines) is 1. The van der Waals surface area contributed by atoms with E-state index in [1.54, 1.807) is 30.4 Å². The molecule has 0 radical (unpaired) electrons. The van der Waals surface area contributed by atoms with Crippen molar-refractivity contribution in [2.24, 2.45) is 5.92 Å². The Hall–Kier alpha value is -2.28. The standard InChI is InChI=1S/C20H22FN3O2S/c1-13(25)23-9-6-15(7-10-23)20(26)24-11-8-17-18(12-24)27-19(22-17)14-2-4-16(21)5-3-14/h2-5,15H,6-12H2,1H3. The van der Waals surface area contributed by atoms with E-state index in [4.69, 9.17) is 4.98 Å². The Bertz CT molecular complexity index is 857. The van der Waals surface area contributed by atoms with E-state index >= 15 is 0 Å².